The Hall–Kier alpha value is -1.66. The van der Waals surface area contributed by atoms with Gasteiger partial charge in [-0.3, -0.25) is 14.9 Å². The monoisotopic (exact) mass is 339 g/mol. The zero-order valence-electron chi connectivity index (χ0n) is 12.9. The van der Waals surface area contributed by atoms with Gasteiger partial charge in [-0.15, -0.1) is 12.4 Å². The van der Waals surface area contributed by atoms with Crippen molar-refractivity contribution < 1.29 is 9.72 Å². The summed E-state index contributed by atoms with van der Waals surface area (Å²) in [6, 6.07) is 6.56. The van der Waals surface area contributed by atoms with Crippen molar-refractivity contribution in [2.45, 2.75) is 32.2 Å². The van der Waals surface area contributed by atoms with Gasteiger partial charge in [0.05, 0.1) is 10.3 Å². The Labute approximate surface area is 141 Å². The third-order valence-electron chi connectivity index (χ3n) is 5.12. The minimum absolute atomic E-state index is 0. The topological polar surface area (TPSA) is 84.3 Å². The minimum Gasteiger partial charge on any atom is -0.351 e. The maximum Gasteiger partial charge on any atom is 0.274 e. The van der Waals surface area contributed by atoms with Crippen LogP contribution in [0.3, 0.4) is 0 Å². The molecule has 7 heteroatoms. The van der Waals surface area contributed by atoms with Gasteiger partial charge >= 0.3 is 0 Å². The number of amides is 1. The first kappa shape index (κ1) is 17.7. The lowest BCUT2D eigenvalue weighted by Crippen LogP contribution is -2.47. The normalized spacial score (nSPS) is 26.0. The minimum atomic E-state index is -0.402. The summed E-state index contributed by atoms with van der Waals surface area (Å²) in [6.45, 7) is 1.84. The van der Waals surface area contributed by atoms with Crippen LogP contribution in [0.15, 0.2) is 24.3 Å². The highest BCUT2D eigenvalue weighted by Crippen LogP contribution is 2.43. The number of nitro groups is 1. The van der Waals surface area contributed by atoms with Gasteiger partial charge in [-0.1, -0.05) is 31.0 Å². The van der Waals surface area contributed by atoms with Crippen LogP contribution in [-0.4, -0.2) is 23.9 Å². The Morgan fingerprint density at radius 3 is 2.96 bits per heavy atom. The number of benzene rings is 1. The highest BCUT2D eigenvalue weighted by atomic mass is 35.5. The summed E-state index contributed by atoms with van der Waals surface area (Å²) in [5, 5.41) is 17.3. The number of carbonyl (C=O) groups is 1. The number of nitrogens with zero attached hydrogens (tertiary/aromatic N) is 1. The molecule has 6 nitrogen and oxygen atoms in total. The van der Waals surface area contributed by atoms with Crippen LogP contribution in [0.1, 0.15) is 31.2 Å². The van der Waals surface area contributed by atoms with E-state index in [1.54, 1.807) is 18.2 Å². The van der Waals surface area contributed by atoms with Crippen molar-refractivity contribution >= 4 is 24.0 Å². The highest BCUT2D eigenvalue weighted by Gasteiger charge is 2.49. The molecule has 0 bridgehead atoms. The van der Waals surface area contributed by atoms with E-state index in [-0.39, 0.29) is 36.0 Å². The van der Waals surface area contributed by atoms with E-state index in [1.165, 1.54) is 12.5 Å². The standard InChI is InChI=1S/C16H21N3O3.ClH/c20-15(16-8-4-3-6-13(16)10-17-11-16)18-9-12-5-1-2-7-14(12)19(21)22;/h1-2,5,7,13,17H,3-4,6,8-11H2,(H,18,20);1H/t13-,16+;/m0./s1. The molecule has 3 rings (SSSR count). The van der Waals surface area contributed by atoms with Gasteiger partial charge in [0, 0.05) is 24.7 Å². The van der Waals surface area contributed by atoms with E-state index in [0.29, 0.717) is 11.5 Å². The van der Waals surface area contributed by atoms with Crippen molar-refractivity contribution in [2.24, 2.45) is 11.3 Å². The lowest BCUT2D eigenvalue weighted by Gasteiger charge is -2.37. The predicted octanol–water partition coefficient (Wildman–Crippen LogP) is 2.41. The molecule has 2 aliphatic rings. The molecule has 0 radical (unpaired) electrons. The van der Waals surface area contributed by atoms with Gasteiger partial charge in [-0.2, -0.15) is 0 Å². The fourth-order valence-electron chi connectivity index (χ4n) is 3.88. The van der Waals surface area contributed by atoms with Gasteiger partial charge in [0.2, 0.25) is 5.91 Å². The number of hydrogen-bond acceptors (Lipinski definition) is 4. The van der Waals surface area contributed by atoms with Crippen LogP contribution in [0.5, 0.6) is 0 Å². The largest absolute Gasteiger partial charge is 0.351 e. The molecule has 1 aliphatic heterocycles. The van der Waals surface area contributed by atoms with Gasteiger partial charge in [0.1, 0.15) is 0 Å². The zero-order valence-corrected chi connectivity index (χ0v) is 13.7. The molecule has 1 saturated heterocycles. The van der Waals surface area contributed by atoms with E-state index in [2.05, 4.69) is 10.6 Å². The number of halogens is 1. The SMILES string of the molecule is Cl.O=C(NCc1ccccc1[N+](=O)[O-])[C@@]12CCCC[C@H]1CNC2. The Morgan fingerprint density at radius 1 is 1.39 bits per heavy atom. The summed E-state index contributed by atoms with van der Waals surface area (Å²) >= 11 is 0. The molecule has 1 heterocycles. The number of para-hydroxylation sites is 1. The van der Waals surface area contributed by atoms with Crippen molar-refractivity contribution in [3.8, 4) is 0 Å². The quantitative estimate of drug-likeness (QED) is 0.651. The lowest BCUT2D eigenvalue weighted by atomic mass is 9.67. The smallest absolute Gasteiger partial charge is 0.274 e. The van der Waals surface area contributed by atoms with Crippen LogP contribution in [0.4, 0.5) is 5.69 Å². The van der Waals surface area contributed by atoms with Gasteiger partial charge in [-0.25, -0.2) is 0 Å². The molecular formula is C16H22ClN3O3. The Balaban J connectivity index is 0.00000192. The van der Waals surface area contributed by atoms with E-state index in [4.69, 9.17) is 0 Å². The third-order valence-corrected chi connectivity index (χ3v) is 5.12. The maximum absolute atomic E-state index is 12.7. The molecule has 2 atom stereocenters. The summed E-state index contributed by atoms with van der Waals surface area (Å²) in [5.41, 5.74) is 0.294. The second-order valence-electron chi connectivity index (χ2n) is 6.30. The van der Waals surface area contributed by atoms with Crippen molar-refractivity contribution in [1.29, 1.82) is 0 Å². The average Bonchev–Trinajstić information content (AvgIpc) is 2.98. The lowest BCUT2D eigenvalue weighted by molar-refractivity contribution is -0.385. The first-order valence-corrected chi connectivity index (χ1v) is 7.85. The Morgan fingerprint density at radius 2 is 2.17 bits per heavy atom. The molecule has 2 fully saturated rings. The van der Waals surface area contributed by atoms with Crippen molar-refractivity contribution in [3.05, 3.63) is 39.9 Å². The number of fused-ring (bicyclic) bond motifs is 1. The Kier molecular flexibility index (Phi) is 5.59. The average molecular weight is 340 g/mol. The Bertz CT molecular complexity index is 596. The van der Waals surface area contributed by atoms with Gasteiger partial charge < -0.3 is 10.6 Å². The van der Waals surface area contributed by atoms with Gasteiger partial charge in [0.25, 0.3) is 5.69 Å². The van der Waals surface area contributed by atoms with E-state index in [0.717, 1.165) is 32.4 Å². The third kappa shape index (κ3) is 3.33. The summed E-state index contributed by atoms with van der Waals surface area (Å²) in [4.78, 5) is 23.4. The van der Waals surface area contributed by atoms with E-state index < -0.39 is 4.92 Å². The first-order chi connectivity index (χ1) is 10.6. The predicted molar refractivity (Wildman–Crippen MR) is 89.5 cm³/mol. The van der Waals surface area contributed by atoms with Crippen molar-refractivity contribution in [1.82, 2.24) is 10.6 Å². The molecule has 2 N–H and O–H groups in total. The van der Waals surface area contributed by atoms with Crippen LogP contribution in [0, 0.1) is 21.4 Å². The second kappa shape index (κ2) is 7.27. The van der Waals surface area contributed by atoms with Crippen molar-refractivity contribution in [3.63, 3.8) is 0 Å². The first-order valence-electron chi connectivity index (χ1n) is 7.85. The molecule has 1 saturated carbocycles. The number of rotatable bonds is 4. The second-order valence-corrected chi connectivity index (χ2v) is 6.30. The maximum atomic E-state index is 12.7. The number of nitro benzene ring substituents is 1. The molecule has 0 unspecified atom stereocenters. The molecule has 0 spiro atoms. The van der Waals surface area contributed by atoms with E-state index in [9.17, 15) is 14.9 Å². The molecule has 1 aliphatic carbocycles. The number of carbonyl (C=O) groups excluding carboxylic acids is 1. The van der Waals surface area contributed by atoms with Gasteiger partial charge in [0.15, 0.2) is 0 Å². The van der Waals surface area contributed by atoms with Crippen LogP contribution < -0.4 is 10.6 Å². The molecular weight excluding hydrogens is 318 g/mol. The fourth-order valence-corrected chi connectivity index (χ4v) is 3.88. The molecule has 1 aromatic rings. The molecule has 126 valence electrons. The van der Waals surface area contributed by atoms with E-state index >= 15 is 0 Å². The van der Waals surface area contributed by atoms with Crippen LogP contribution in [0.2, 0.25) is 0 Å². The summed E-state index contributed by atoms with van der Waals surface area (Å²) in [7, 11) is 0. The van der Waals surface area contributed by atoms with Crippen LogP contribution in [-0.2, 0) is 11.3 Å². The fraction of sp³-hybridized carbons (Fsp3) is 0.562. The van der Waals surface area contributed by atoms with Gasteiger partial charge in [-0.05, 0) is 25.3 Å². The highest BCUT2D eigenvalue weighted by molar-refractivity contribution is 5.85. The zero-order chi connectivity index (χ0) is 15.6. The molecule has 23 heavy (non-hydrogen) atoms. The molecule has 1 aromatic carbocycles. The van der Waals surface area contributed by atoms with Crippen LogP contribution in [0.25, 0.3) is 0 Å². The summed E-state index contributed by atoms with van der Waals surface area (Å²) < 4.78 is 0. The van der Waals surface area contributed by atoms with Crippen LogP contribution >= 0.6 is 12.4 Å². The summed E-state index contributed by atoms with van der Waals surface area (Å²) in [5.74, 6) is 0.437. The number of nitrogens with one attached hydrogen (secondary N) is 2. The molecule has 0 aromatic heterocycles. The van der Waals surface area contributed by atoms with E-state index in [1.807, 2.05) is 0 Å². The number of hydrogen-bond donors (Lipinski definition) is 2. The summed E-state index contributed by atoms with van der Waals surface area (Å²) in [6.07, 6.45) is 4.27. The molecule has 1 amide bonds. The van der Waals surface area contributed by atoms with Crippen molar-refractivity contribution in [2.75, 3.05) is 13.1 Å².